The van der Waals surface area contributed by atoms with E-state index in [1.54, 1.807) is 0 Å². The third-order valence-corrected chi connectivity index (χ3v) is 7.01. The number of amides is 1. The van der Waals surface area contributed by atoms with Gasteiger partial charge in [0.15, 0.2) is 0 Å². The maximum atomic E-state index is 12.5. The number of fused-ring (bicyclic) bond motifs is 1. The standard InChI is InChI=1S/C18H18ClN3O2S2/c1-11(17(23)22-9-5-2-6-10-22)25-18-21-20-16(24-18)15-14(19)12-7-3-4-8-13(12)26-15/h3-4,7-8,11H,2,5-6,9-10H2,1H3/t11-/m1/s1. The van der Waals surface area contributed by atoms with Crippen molar-refractivity contribution in [1.82, 2.24) is 15.1 Å². The summed E-state index contributed by atoms with van der Waals surface area (Å²) in [6, 6.07) is 7.92. The average Bonchev–Trinajstić information content (AvgIpc) is 3.26. The molecule has 4 rings (SSSR count). The molecule has 0 aliphatic carbocycles. The predicted molar refractivity (Wildman–Crippen MR) is 106 cm³/mol. The van der Waals surface area contributed by atoms with Crippen molar-refractivity contribution in [3.05, 3.63) is 29.3 Å². The fraction of sp³-hybridized carbons (Fsp3) is 0.389. The highest BCUT2D eigenvalue weighted by Crippen LogP contribution is 2.42. The van der Waals surface area contributed by atoms with Gasteiger partial charge in [0.1, 0.15) is 4.88 Å². The molecule has 26 heavy (non-hydrogen) atoms. The van der Waals surface area contributed by atoms with Crippen molar-refractivity contribution in [3.63, 3.8) is 0 Å². The number of hydrogen-bond acceptors (Lipinski definition) is 6. The molecule has 0 unspecified atom stereocenters. The second kappa shape index (κ2) is 7.58. The Balaban J connectivity index is 1.50. The molecule has 5 nitrogen and oxygen atoms in total. The Hall–Kier alpha value is -1.57. The van der Waals surface area contributed by atoms with E-state index in [4.69, 9.17) is 16.0 Å². The molecule has 0 bridgehead atoms. The number of hydrogen-bond donors (Lipinski definition) is 0. The zero-order chi connectivity index (χ0) is 18.1. The maximum absolute atomic E-state index is 12.5. The molecule has 8 heteroatoms. The van der Waals surface area contributed by atoms with Crippen LogP contribution in [0.3, 0.4) is 0 Å². The van der Waals surface area contributed by atoms with Gasteiger partial charge in [-0.2, -0.15) is 0 Å². The number of carbonyl (C=O) groups excluding carboxylic acids is 1. The van der Waals surface area contributed by atoms with Gasteiger partial charge in [-0.15, -0.1) is 21.5 Å². The van der Waals surface area contributed by atoms with Crippen LogP contribution in [0.15, 0.2) is 33.9 Å². The van der Waals surface area contributed by atoms with E-state index in [9.17, 15) is 4.79 Å². The number of thioether (sulfide) groups is 1. The number of halogens is 1. The van der Waals surface area contributed by atoms with E-state index in [0.717, 1.165) is 40.9 Å². The van der Waals surface area contributed by atoms with Gasteiger partial charge < -0.3 is 9.32 Å². The Labute approximate surface area is 164 Å². The first-order valence-corrected chi connectivity index (χ1v) is 10.7. The summed E-state index contributed by atoms with van der Waals surface area (Å²) in [6.45, 7) is 3.57. The molecule has 1 fully saturated rings. The molecule has 2 aromatic heterocycles. The van der Waals surface area contributed by atoms with Crippen LogP contribution < -0.4 is 0 Å². The summed E-state index contributed by atoms with van der Waals surface area (Å²) in [5.41, 5.74) is 0. The van der Waals surface area contributed by atoms with E-state index in [0.29, 0.717) is 16.1 Å². The number of aromatic nitrogens is 2. The van der Waals surface area contributed by atoms with Gasteiger partial charge >= 0.3 is 0 Å². The first-order valence-electron chi connectivity index (χ1n) is 8.60. The molecule has 0 N–H and O–H groups in total. The van der Waals surface area contributed by atoms with Gasteiger partial charge in [0.25, 0.3) is 11.1 Å². The smallest absolute Gasteiger partial charge is 0.277 e. The molecule has 1 atom stereocenters. The summed E-state index contributed by atoms with van der Waals surface area (Å²) < 4.78 is 6.86. The minimum Gasteiger partial charge on any atom is -0.410 e. The Morgan fingerprint density at radius 2 is 2.04 bits per heavy atom. The molecule has 1 aliphatic heterocycles. The van der Waals surface area contributed by atoms with Crippen LogP contribution in [0.25, 0.3) is 20.9 Å². The molecule has 3 heterocycles. The predicted octanol–water partition coefficient (Wildman–Crippen LogP) is 5.10. The van der Waals surface area contributed by atoms with Crippen LogP contribution in [0.4, 0.5) is 0 Å². The number of likely N-dealkylation sites (tertiary alicyclic amines) is 1. The van der Waals surface area contributed by atoms with E-state index in [1.807, 2.05) is 36.1 Å². The van der Waals surface area contributed by atoms with Gasteiger partial charge in [-0.3, -0.25) is 4.79 Å². The lowest BCUT2D eigenvalue weighted by Gasteiger charge is -2.28. The molecular formula is C18H18ClN3O2S2. The lowest BCUT2D eigenvalue weighted by molar-refractivity contribution is -0.131. The van der Waals surface area contributed by atoms with Crippen LogP contribution >= 0.6 is 34.7 Å². The Kier molecular flexibility index (Phi) is 5.20. The fourth-order valence-corrected chi connectivity index (χ4v) is 5.27. The summed E-state index contributed by atoms with van der Waals surface area (Å²) in [5.74, 6) is 0.533. The molecule has 3 aromatic rings. The molecular weight excluding hydrogens is 390 g/mol. The van der Waals surface area contributed by atoms with Crippen molar-refractivity contribution in [2.45, 2.75) is 36.7 Å². The van der Waals surface area contributed by atoms with Crippen LogP contribution in [-0.4, -0.2) is 39.3 Å². The van der Waals surface area contributed by atoms with Crippen molar-refractivity contribution in [2.75, 3.05) is 13.1 Å². The lowest BCUT2D eigenvalue weighted by Crippen LogP contribution is -2.40. The number of rotatable bonds is 4. The molecule has 1 saturated heterocycles. The number of nitrogens with zero attached hydrogens (tertiary/aromatic N) is 3. The van der Waals surface area contributed by atoms with Gasteiger partial charge in [0, 0.05) is 23.2 Å². The number of thiophene rings is 1. The molecule has 0 spiro atoms. The van der Waals surface area contributed by atoms with Gasteiger partial charge in [-0.05, 0) is 32.3 Å². The van der Waals surface area contributed by atoms with Crippen LogP contribution in [0.1, 0.15) is 26.2 Å². The normalized spacial score (nSPS) is 16.2. The zero-order valence-corrected chi connectivity index (χ0v) is 16.7. The molecule has 0 radical (unpaired) electrons. The fourth-order valence-electron chi connectivity index (χ4n) is 3.07. The second-order valence-electron chi connectivity index (χ2n) is 6.26. The Morgan fingerprint density at radius 1 is 1.27 bits per heavy atom. The highest BCUT2D eigenvalue weighted by Gasteiger charge is 2.25. The Bertz CT molecular complexity index is 934. The van der Waals surface area contributed by atoms with E-state index in [1.165, 1.54) is 29.5 Å². The van der Waals surface area contributed by atoms with Crippen molar-refractivity contribution in [2.24, 2.45) is 0 Å². The monoisotopic (exact) mass is 407 g/mol. The minimum atomic E-state index is -0.251. The molecule has 136 valence electrons. The maximum Gasteiger partial charge on any atom is 0.277 e. The van der Waals surface area contributed by atoms with Gasteiger partial charge in [0.05, 0.1) is 10.3 Å². The first kappa shape index (κ1) is 17.8. The molecule has 1 aliphatic rings. The largest absolute Gasteiger partial charge is 0.410 e. The van der Waals surface area contributed by atoms with Crippen LogP contribution in [0.5, 0.6) is 0 Å². The topological polar surface area (TPSA) is 59.2 Å². The Morgan fingerprint density at radius 3 is 2.81 bits per heavy atom. The van der Waals surface area contributed by atoms with E-state index in [-0.39, 0.29) is 11.2 Å². The van der Waals surface area contributed by atoms with Crippen LogP contribution in [0, 0.1) is 0 Å². The third kappa shape index (κ3) is 3.48. The second-order valence-corrected chi connectivity index (χ2v) is 8.98. The highest BCUT2D eigenvalue weighted by atomic mass is 35.5. The summed E-state index contributed by atoms with van der Waals surface area (Å²) in [6.07, 6.45) is 3.37. The van der Waals surface area contributed by atoms with Gasteiger partial charge in [0.2, 0.25) is 5.91 Å². The molecule has 1 amide bonds. The van der Waals surface area contributed by atoms with E-state index < -0.39 is 0 Å². The molecule has 1 aromatic carbocycles. The lowest BCUT2D eigenvalue weighted by atomic mass is 10.1. The summed E-state index contributed by atoms with van der Waals surface area (Å²) in [7, 11) is 0. The third-order valence-electron chi connectivity index (χ3n) is 4.43. The number of benzene rings is 1. The van der Waals surface area contributed by atoms with E-state index >= 15 is 0 Å². The van der Waals surface area contributed by atoms with Gasteiger partial charge in [-0.1, -0.05) is 41.6 Å². The number of carbonyl (C=O) groups is 1. The van der Waals surface area contributed by atoms with Gasteiger partial charge in [-0.25, -0.2) is 0 Å². The zero-order valence-electron chi connectivity index (χ0n) is 14.3. The van der Waals surface area contributed by atoms with E-state index in [2.05, 4.69) is 10.2 Å². The summed E-state index contributed by atoms with van der Waals surface area (Å²) >= 11 is 9.30. The first-order chi connectivity index (χ1) is 12.6. The van der Waals surface area contributed by atoms with Crippen LogP contribution in [-0.2, 0) is 4.79 Å². The van der Waals surface area contributed by atoms with Crippen LogP contribution in [0.2, 0.25) is 5.02 Å². The number of piperidine rings is 1. The summed E-state index contributed by atoms with van der Waals surface area (Å²) in [4.78, 5) is 15.2. The van der Waals surface area contributed by atoms with Crippen molar-refractivity contribution in [1.29, 1.82) is 0 Å². The average molecular weight is 408 g/mol. The quantitative estimate of drug-likeness (QED) is 0.563. The highest BCUT2D eigenvalue weighted by molar-refractivity contribution is 8.00. The SMILES string of the molecule is C[C@@H](Sc1nnc(-c2sc3ccccc3c2Cl)o1)C(=O)N1CCCCC1. The van der Waals surface area contributed by atoms with Crippen molar-refractivity contribution >= 4 is 50.7 Å². The minimum absolute atomic E-state index is 0.134. The van der Waals surface area contributed by atoms with Crippen molar-refractivity contribution in [3.8, 4) is 10.8 Å². The van der Waals surface area contributed by atoms with Crippen molar-refractivity contribution < 1.29 is 9.21 Å². The summed E-state index contributed by atoms with van der Waals surface area (Å²) in [5, 5.41) is 9.98. The molecule has 0 saturated carbocycles.